The molecule has 0 spiro atoms. The molecule has 2 heterocycles. The zero-order valence-electron chi connectivity index (χ0n) is 13.1. The number of esters is 1. The molecule has 3 rings (SSSR count). The Hall–Kier alpha value is -1.18. The summed E-state index contributed by atoms with van der Waals surface area (Å²) in [5.41, 5.74) is 0.961. The fourth-order valence-electron chi connectivity index (χ4n) is 1.90. The van der Waals surface area contributed by atoms with Crippen LogP contribution in [0, 0.1) is 5.82 Å². The number of carbonyl (C=O) groups is 1. The van der Waals surface area contributed by atoms with Crippen LogP contribution in [0.5, 0.6) is 5.88 Å². The predicted molar refractivity (Wildman–Crippen MR) is 81.7 cm³/mol. The topological polar surface area (TPSA) is 52.3 Å². The quantitative estimate of drug-likeness (QED) is 0.521. The predicted octanol–water partition coefficient (Wildman–Crippen LogP) is 1.46. The van der Waals surface area contributed by atoms with Crippen molar-refractivity contribution in [1.82, 2.24) is 4.98 Å². The van der Waals surface area contributed by atoms with E-state index in [1.807, 2.05) is 0 Å². The third kappa shape index (κ3) is 4.65. The molecule has 2 aromatic heterocycles. The Morgan fingerprint density at radius 3 is 2.83 bits per heavy atom. The third-order valence-corrected chi connectivity index (χ3v) is 4.11. The Kier molecular flexibility index (Phi) is 6.38. The van der Waals surface area contributed by atoms with E-state index in [1.165, 1.54) is 23.7 Å². The summed E-state index contributed by atoms with van der Waals surface area (Å²) in [6.45, 7) is 0. The first-order valence-corrected chi connectivity index (χ1v) is 7.44. The van der Waals surface area contributed by atoms with Gasteiger partial charge in [-0.25, -0.2) is 4.39 Å². The maximum atomic E-state index is 14.2. The minimum Gasteiger partial charge on any atom is -1.00 e. The van der Waals surface area contributed by atoms with Gasteiger partial charge in [0.05, 0.1) is 10.8 Å². The molecule has 0 aliphatic carbocycles. The van der Waals surface area contributed by atoms with Crippen LogP contribution in [0.4, 0.5) is 4.39 Å². The number of oxazole rings is 1. The van der Waals surface area contributed by atoms with Crippen LogP contribution < -0.4 is 34.3 Å². The average molecular weight is 362 g/mol. The van der Waals surface area contributed by atoms with Gasteiger partial charge >= 0.3 is 35.5 Å². The van der Waals surface area contributed by atoms with Crippen molar-refractivity contribution < 1.29 is 49.3 Å². The van der Waals surface area contributed by atoms with Crippen molar-refractivity contribution in [2.45, 2.75) is 6.42 Å². The number of aromatic nitrogens is 1. The standard InChI is InChI=1S/C15H9ClFNO3S.Na.H/c16-13-4-3-12(22-13)10-2-1-9(5-11(10)17)6-15(19)21-14-7-20-8-18-14;;/h1-5,7-8H,6H2;;/q;+1;-1. The SMILES string of the molecule is O=C(Cc1ccc(-c2ccc(Cl)s2)c(F)c1)Oc1cocn1.[H-].[Na+]. The second kappa shape index (κ2) is 8.08. The first kappa shape index (κ1) is 18.2. The molecule has 114 valence electrons. The van der Waals surface area contributed by atoms with Crippen molar-refractivity contribution in [2.24, 2.45) is 0 Å². The summed E-state index contributed by atoms with van der Waals surface area (Å²) in [5, 5.41) is 0. The number of halogens is 2. The van der Waals surface area contributed by atoms with Crippen LogP contribution >= 0.6 is 22.9 Å². The summed E-state index contributed by atoms with van der Waals surface area (Å²) in [5.74, 6) is -0.874. The molecule has 0 fully saturated rings. The molecule has 0 amide bonds. The second-order valence-corrected chi connectivity index (χ2v) is 6.11. The smallest absolute Gasteiger partial charge is 1.00 e. The van der Waals surface area contributed by atoms with Crippen LogP contribution in [0.15, 0.2) is 47.4 Å². The van der Waals surface area contributed by atoms with Gasteiger partial charge in [0.15, 0.2) is 12.7 Å². The van der Waals surface area contributed by atoms with Crippen molar-refractivity contribution in [3.63, 3.8) is 0 Å². The number of nitrogens with zero attached hydrogens (tertiary/aromatic N) is 1. The number of benzene rings is 1. The molecule has 4 nitrogen and oxygen atoms in total. The molecular weight excluding hydrogens is 352 g/mol. The van der Waals surface area contributed by atoms with Crippen molar-refractivity contribution in [2.75, 3.05) is 0 Å². The fraction of sp³-hybridized carbons (Fsp3) is 0.0667. The van der Waals surface area contributed by atoms with Gasteiger partial charge in [0, 0.05) is 10.4 Å². The summed E-state index contributed by atoms with van der Waals surface area (Å²) in [7, 11) is 0. The van der Waals surface area contributed by atoms with Gasteiger partial charge in [0.1, 0.15) is 5.82 Å². The molecule has 0 bridgehead atoms. The summed E-state index contributed by atoms with van der Waals surface area (Å²) in [6.07, 6.45) is 2.31. The van der Waals surface area contributed by atoms with E-state index < -0.39 is 11.8 Å². The summed E-state index contributed by atoms with van der Waals surface area (Å²) >= 11 is 7.14. The first-order chi connectivity index (χ1) is 10.6. The maximum Gasteiger partial charge on any atom is 1.00 e. The summed E-state index contributed by atoms with van der Waals surface area (Å²) in [4.78, 5) is 16.1. The number of hydrogen-bond acceptors (Lipinski definition) is 5. The molecule has 0 radical (unpaired) electrons. The number of carbonyl (C=O) groups excluding carboxylic acids is 1. The largest absolute Gasteiger partial charge is 1.00 e. The van der Waals surface area contributed by atoms with Gasteiger partial charge < -0.3 is 10.6 Å². The fourth-order valence-corrected chi connectivity index (χ4v) is 2.97. The zero-order valence-corrected chi connectivity index (χ0v) is 15.7. The van der Waals surface area contributed by atoms with E-state index in [-0.39, 0.29) is 43.3 Å². The van der Waals surface area contributed by atoms with Crippen LogP contribution in [-0.2, 0) is 11.2 Å². The molecule has 1 aromatic carbocycles. The minimum atomic E-state index is -0.541. The molecule has 0 saturated heterocycles. The Labute approximate surface area is 164 Å². The van der Waals surface area contributed by atoms with Crippen LogP contribution in [0.3, 0.4) is 0 Å². The second-order valence-electron chi connectivity index (χ2n) is 4.40. The molecule has 0 aliphatic rings. The average Bonchev–Trinajstić information content (AvgIpc) is 3.10. The Balaban J connectivity index is 0.00000144. The van der Waals surface area contributed by atoms with Crippen LogP contribution in [0.2, 0.25) is 4.34 Å². The molecule has 0 saturated carbocycles. The summed E-state index contributed by atoms with van der Waals surface area (Å²) in [6, 6.07) is 8.08. The normalized spacial score (nSPS) is 10.2. The van der Waals surface area contributed by atoms with Gasteiger partial charge in [0.25, 0.3) is 5.88 Å². The molecule has 3 aromatic rings. The van der Waals surface area contributed by atoms with Crippen LogP contribution in [0.1, 0.15) is 6.99 Å². The first-order valence-electron chi connectivity index (χ1n) is 6.25. The molecule has 0 N–H and O–H groups in total. The molecule has 0 atom stereocenters. The van der Waals surface area contributed by atoms with Crippen molar-refractivity contribution in [3.05, 3.63) is 58.7 Å². The van der Waals surface area contributed by atoms with Crippen molar-refractivity contribution in [1.29, 1.82) is 0 Å². The van der Waals surface area contributed by atoms with E-state index in [4.69, 9.17) is 20.8 Å². The minimum absolute atomic E-state index is 0. The van der Waals surface area contributed by atoms with Gasteiger partial charge in [-0.2, -0.15) is 4.98 Å². The van der Waals surface area contributed by atoms with E-state index in [0.29, 0.717) is 15.5 Å². The van der Waals surface area contributed by atoms with Crippen LogP contribution in [0.25, 0.3) is 10.4 Å². The van der Waals surface area contributed by atoms with Crippen LogP contribution in [-0.4, -0.2) is 11.0 Å². The number of hydrogen-bond donors (Lipinski definition) is 0. The van der Waals surface area contributed by atoms with Gasteiger partial charge in [-0.3, -0.25) is 4.79 Å². The van der Waals surface area contributed by atoms with Gasteiger partial charge in [-0.05, 0) is 23.8 Å². The Morgan fingerprint density at radius 1 is 1.39 bits per heavy atom. The van der Waals surface area contributed by atoms with E-state index >= 15 is 0 Å². The zero-order chi connectivity index (χ0) is 15.5. The number of rotatable bonds is 4. The molecule has 0 aliphatic heterocycles. The van der Waals surface area contributed by atoms with E-state index in [2.05, 4.69) is 4.98 Å². The monoisotopic (exact) mass is 361 g/mol. The third-order valence-electron chi connectivity index (χ3n) is 2.85. The Bertz CT molecular complexity index is 813. The number of thiophene rings is 1. The summed E-state index contributed by atoms with van der Waals surface area (Å²) < 4.78 is 24.4. The maximum absolute atomic E-state index is 14.2. The van der Waals surface area contributed by atoms with E-state index in [9.17, 15) is 9.18 Å². The van der Waals surface area contributed by atoms with Gasteiger partial charge in [0.2, 0.25) is 0 Å². The molecular formula is C15H10ClFNNaO3S. The van der Waals surface area contributed by atoms with Crippen molar-refractivity contribution >= 4 is 28.9 Å². The van der Waals surface area contributed by atoms with E-state index in [0.717, 1.165) is 11.3 Å². The molecule has 8 heteroatoms. The van der Waals surface area contributed by atoms with Gasteiger partial charge in [-0.1, -0.05) is 23.7 Å². The van der Waals surface area contributed by atoms with E-state index in [1.54, 1.807) is 24.3 Å². The van der Waals surface area contributed by atoms with Crippen molar-refractivity contribution in [3.8, 4) is 16.3 Å². The van der Waals surface area contributed by atoms with Gasteiger partial charge in [-0.15, -0.1) is 11.3 Å². The molecule has 23 heavy (non-hydrogen) atoms. The number of ether oxygens (including phenoxy) is 1. The molecule has 0 unspecified atom stereocenters. The Morgan fingerprint density at radius 2 is 2.22 bits per heavy atom.